The average molecular weight is 269 g/mol. The van der Waals surface area contributed by atoms with Crippen molar-refractivity contribution in [2.45, 2.75) is 45.6 Å². The Labute approximate surface area is 120 Å². The van der Waals surface area contributed by atoms with Crippen molar-refractivity contribution in [3.63, 3.8) is 0 Å². The van der Waals surface area contributed by atoms with Crippen LogP contribution in [0.1, 0.15) is 39.5 Å². The zero-order chi connectivity index (χ0) is 14.2. The topological polar surface area (TPSA) is 50.9 Å². The fourth-order valence-corrected chi connectivity index (χ4v) is 3.16. The largest absolute Gasteiger partial charge is 0.399 e. The predicted molar refractivity (Wildman–Crippen MR) is 85.8 cm³/mol. The van der Waals surface area contributed by atoms with Gasteiger partial charge in [0.15, 0.2) is 0 Å². The molecule has 1 heterocycles. The summed E-state index contributed by atoms with van der Waals surface area (Å²) < 4.78 is 0. The maximum absolute atomic E-state index is 5.80. The fourth-order valence-electron chi connectivity index (χ4n) is 3.16. The Morgan fingerprint density at radius 3 is 2.85 bits per heavy atom. The van der Waals surface area contributed by atoms with Crippen molar-refractivity contribution in [1.82, 2.24) is 4.98 Å². The van der Waals surface area contributed by atoms with Crippen LogP contribution in [0.3, 0.4) is 0 Å². The van der Waals surface area contributed by atoms with E-state index in [0.29, 0.717) is 11.5 Å². The lowest BCUT2D eigenvalue weighted by molar-refractivity contribution is 0.216. The molecule has 3 nitrogen and oxygen atoms in total. The summed E-state index contributed by atoms with van der Waals surface area (Å²) in [4.78, 5) is 4.71. The van der Waals surface area contributed by atoms with Crippen LogP contribution in [0, 0.1) is 5.41 Å². The molecular weight excluding hydrogens is 246 g/mol. The summed E-state index contributed by atoms with van der Waals surface area (Å²) in [6, 6.07) is 10.5. The van der Waals surface area contributed by atoms with Gasteiger partial charge in [-0.2, -0.15) is 0 Å². The quantitative estimate of drug-likeness (QED) is 0.803. The van der Waals surface area contributed by atoms with Gasteiger partial charge in [-0.1, -0.05) is 26.7 Å². The van der Waals surface area contributed by atoms with E-state index in [9.17, 15) is 0 Å². The van der Waals surface area contributed by atoms with Gasteiger partial charge in [0.05, 0.1) is 5.52 Å². The Bertz CT molecular complexity index is 619. The molecule has 1 unspecified atom stereocenters. The monoisotopic (exact) mass is 269 g/mol. The van der Waals surface area contributed by atoms with Crippen molar-refractivity contribution < 1.29 is 0 Å². The second kappa shape index (κ2) is 4.97. The fraction of sp³-hybridized carbons (Fsp3) is 0.471. The molecule has 0 aliphatic heterocycles. The van der Waals surface area contributed by atoms with Crippen LogP contribution in [0.15, 0.2) is 30.3 Å². The van der Waals surface area contributed by atoms with Crippen molar-refractivity contribution in [3.05, 3.63) is 30.3 Å². The lowest BCUT2D eigenvalue weighted by Crippen LogP contribution is -2.39. The predicted octanol–water partition coefficient (Wildman–Crippen LogP) is 4.20. The summed E-state index contributed by atoms with van der Waals surface area (Å²) in [5.74, 6) is 0.974. The number of pyridine rings is 1. The van der Waals surface area contributed by atoms with E-state index < -0.39 is 0 Å². The van der Waals surface area contributed by atoms with E-state index in [0.717, 1.165) is 22.4 Å². The van der Waals surface area contributed by atoms with Gasteiger partial charge in [-0.25, -0.2) is 4.98 Å². The molecule has 3 heteroatoms. The maximum atomic E-state index is 5.80. The molecule has 1 fully saturated rings. The van der Waals surface area contributed by atoms with Crippen molar-refractivity contribution in [2.24, 2.45) is 5.41 Å². The van der Waals surface area contributed by atoms with E-state index in [1.807, 2.05) is 18.2 Å². The number of nitrogen functional groups attached to an aromatic ring is 1. The molecule has 1 atom stereocenters. The molecular formula is C17H23N3. The van der Waals surface area contributed by atoms with Crippen LogP contribution in [0.2, 0.25) is 0 Å². The number of nitrogens with two attached hydrogens (primary N) is 1. The van der Waals surface area contributed by atoms with Crippen LogP contribution in [0.5, 0.6) is 0 Å². The average Bonchev–Trinajstić information content (AvgIpc) is 2.41. The lowest BCUT2D eigenvalue weighted by Gasteiger charge is -2.39. The number of benzene rings is 1. The standard InChI is InChI=1S/C17H23N3/c1-17(2)10-4-3-5-15(17)20-16-9-6-12-11-13(18)7-8-14(12)19-16/h6-9,11,15H,3-5,10,18H2,1-2H3,(H,19,20). The molecule has 3 rings (SSSR count). The Morgan fingerprint density at radius 2 is 2.05 bits per heavy atom. The van der Waals surface area contributed by atoms with Crippen LogP contribution in [0.25, 0.3) is 10.9 Å². The first-order chi connectivity index (χ1) is 9.54. The van der Waals surface area contributed by atoms with Gasteiger partial charge in [0.25, 0.3) is 0 Å². The first-order valence-electron chi connectivity index (χ1n) is 7.47. The molecule has 0 amide bonds. The van der Waals surface area contributed by atoms with E-state index in [2.05, 4.69) is 31.3 Å². The molecule has 20 heavy (non-hydrogen) atoms. The van der Waals surface area contributed by atoms with Crippen LogP contribution in [0.4, 0.5) is 11.5 Å². The minimum atomic E-state index is 0.343. The molecule has 2 aromatic rings. The Morgan fingerprint density at radius 1 is 1.20 bits per heavy atom. The molecule has 1 aliphatic rings. The molecule has 1 aromatic carbocycles. The summed E-state index contributed by atoms with van der Waals surface area (Å²) in [6.45, 7) is 4.71. The molecule has 0 saturated heterocycles. The summed E-state index contributed by atoms with van der Waals surface area (Å²) in [5.41, 5.74) is 7.93. The van der Waals surface area contributed by atoms with Gasteiger partial charge in [-0.3, -0.25) is 0 Å². The SMILES string of the molecule is CC1(C)CCCCC1Nc1ccc2cc(N)ccc2n1. The number of rotatable bonds is 2. The molecule has 0 radical (unpaired) electrons. The highest BCUT2D eigenvalue weighted by Crippen LogP contribution is 2.37. The number of anilines is 2. The van der Waals surface area contributed by atoms with Crippen LogP contribution >= 0.6 is 0 Å². The first-order valence-corrected chi connectivity index (χ1v) is 7.47. The second-order valence-electron chi connectivity index (χ2n) is 6.58. The van der Waals surface area contributed by atoms with Gasteiger partial charge in [-0.15, -0.1) is 0 Å². The first kappa shape index (κ1) is 13.2. The molecule has 3 N–H and O–H groups in total. The van der Waals surface area contributed by atoms with Gasteiger partial charge >= 0.3 is 0 Å². The smallest absolute Gasteiger partial charge is 0.126 e. The van der Waals surface area contributed by atoms with E-state index in [-0.39, 0.29) is 0 Å². The van der Waals surface area contributed by atoms with E-state index in [4.69, 9.17) is 10.7 Å². The molecule has 0 bridgehead atoms. The molecule has 0 spiro atoms. The summed E-state index contributed by atoms with van der Waals surface area (Å²) in [6.07, 6.45) is 5.17. The van der Waals surface area contributed by atoms with Gasteiger partial charge < -0.3 is 11.1 Å². The van der Waals surface area contributed by atoms with Crippen LogP contribution in [-0.4, -0.2) is 11.0 Å². The summed E-state index contributed by atoms with van der Waals surface area (Å²) in [7, 11) is 0. The third-order valence-electron chi connectivity index (χ3n) is 4.54. The Hall–Kier alpha value is -1.77. The van der Waals surface area contributed by atoms with Crippen molar-refractivity contribution >= 4 is 22.4 Å². The van der Waals surface area contributed by atoms with Crippen molar-refractivity contribution in [1.29, 1.82) is 0 Å². The minimum Gasteiger partial charge on any atom is -0.399 e. The number of aromatic nitrogens is 1. The number of hydrogen-bond donors (Lipinski definition) is 2. The highest BCUT2D eigenvalue weighted by atomic mass is 15.0. The summed E-state index contributed by atoms with van der Waals surface area (Å²) >= 11 is 0. The van der Waals surface area contributed by atoms with Crippen molar-refractivity contribution in [2.75, 3.05) is 11.1 Å². The molecule has 1 saturated carbocycles. The van der Waals surface area contributed by atoms with Gasteiger partial charge in [-0.05, 0) is 48.6 Å². The minimum absolute atomic E-state index is 0.343. The van der Waals surface area contributed by atoms with Gasteiger partial charge in [0.2, 0.25) is 0 Å². The van der Waals surface area contributed by atoms with Gasteiger partial charge in [0, 0.05) is 17.1 Å². The zero-order valence-electron chi connectivity index (χ0n) is 12.3. The zero-order valence-corrected chi connectivity index (χ0v) is 12.3. The third-order valence-corrected chi connectivity index (χ3v) is 4.54. The van der Waals surface area contributed by atoms with Gasteiger partial charge in [0.1, 0.15) is 5.82 Å². The number of nitrogens with one attached hydrogen (secondary N) is 1. The normalized spacial score (nSPS) is 21.8. The van der Waals surface area contributed by atoms with E-state index in [1.165, 1.54) is 25.7 Å². The van der Waals surface area contributed by atoms with E-state index >= 15 is 0 Å². The number of hydrogen-bond acceptors (Lipinski definition) is 3. The Balaban J connectivity index is 1.85. The van der Waals surface area contributed by atoms with Crippen molar-refractivity contribution in [3.8, 4) is 0 Å². The van der Waals surface area contributed by atoms with Crippen LogP contribution in [-0.2, 0) is 0 Å². The highest BCUT2D eigenvalue weighted by molar-refractivity contribution is 5.83. The molecule has 106 valence electrons. The molecule has 1 aliphatic carbocycles. The Kier molecular flexibility index (Phi) is 3.28. The highest BCUT2D eigenvalue weighted by Gasteiger charge is 2.32. The third kappa shape index (κ3) is 2.58. The summed E-state index contributed by atoms with van der Waals surface area (Å²) in [5, 5.41) is 4.73. The van der Waals surface area contributed by atoms with E-state index in [1.54, 1.807) is 0 Å². The maximum Gasteiger partial charge on any atom is 0.126 e. The second-order valence-corrected chi connectivity index (χ2v) is 6.58. The number of nitrogens with zero attached hydrogens (tertiary/aromatic N) is 1. The molecule has 1 aromatic heterocycles. The lowest BCUT2D eigenvalue weighted by atomic mass is 9.73. The van der Waals surface area contributed by atoms with Crippen LogP contribution < -0.4 is 11.1 Å². The number of fused-ring (bicyclic) bond motifs is 1.